The summed E-state index contributed by atoms with van der Waals surface area (Å²) >= 11 is 0. The van der Waals surface area contributed by atoms with E-state index in [4.69, 9.17) is 0 Å². The second kappa shape index (κ2) is 13.1. The lowest BCUT2D eigenvalue weighted by Crippen LogP contribution is -2.26. The first-order chi connectivity index (χ1) is 29.5. The van der Waals surface area contributed by atoms with Gasteiger partial charge in [-0.05, 0) is 132 Å². The lowest BCUT2D eigenvalue weighted by Gasteiger charge is -2.32. The van der Waals surface area contributed by atoms with Crippen LogP contribution in [-0.4, -0.2) is 0 Å². The minimum absolute atomic E-state index is 0.0723. The minimum Gasteiger partial charge on any atom is -0.310 e. The highest BCUT2D eigenvalue weighted by Crippen LogP contribution is 2.63. The van der Waals surface area contributed by atoms with Crippen molar-refractivity contribution < 1.29 is 0 Å². The molecule has 0 N–H and O–H groups in total. The van der Waals surface area contributed by atoms with Crippen molar-refractivity contribution in [2.45, 2.75) is 31.1 Å². The molecule has 0 aromatic heterocycles. The largest absolute Gasteiger partial charge is 0.310 e. The van der Waals surface area contributed by atoms with Crippen LogP contribution in [0, 0.1) is 0 Å². The van der Waals surface area contributed by atoms with Crippen LogP contribution in [0.25, 0.3) is 50.1 Å². The van der Waals surface area contributed by atoms with E-state index >= 15 is 0 Å². The molecule has 60 heavy (non-hydrogen) atoms. The van der Waals surface area contributed by atoms with Crippen LogP contribution in [0.4, 0.5) is 17.1 Å². The van der Waals surface area contributed by atoms with Gasteiger partial charge in [0.15, 0.2) is 0 Å². The monoisotopic (exact) mass is 765 g/mol. The summed E-state index contributed by atoms with van der Waals surface area (Å²) in [5.41, 5.74) is 23.9. The van der Waals surface area contributed by atoms with E-state index in [-0.39, 0.29) is 5.41 Å². The molecule has 8 aromatic rings. The van der Waals surface area contributed by atoms with Crippen LogP contribution < -0.4 is 4.90 Å². The van der Waals surface area contributed by atoms with Crippen molar-refractivity contribution in [3.63, 3.8) is 0 Å². The molecule has 0 bridgehead atoms. The Morgan fingerprint density at radius 3 is 1.52 bits per heavy atom. The van der Waals surface area contributed by atoms with E-state index in [1.165, 1.54) is 89.0 Å². The highest BCUT2D eigenvalue weighted by atomic mass is 15.1. The quantitative estimate of drug-likeness (QED) is 0.169. The first kappa shape index (κ1) is 34.8. The molecular formula is C59H43N. The van der Waals surface area contributed by atoms with Gasteiger partial charge in [-0.3, -0.25) is 0 Å². The minimum atomic E-state index is -0.425. The smallest absolute Gasteiger partial charge is 0.0726 e. The highest BCUT2D eigenvalue weighted by molar-refractivity contribution is 5.97. The van der Waals surface area contributed by atoms with E-state index in [0.717, 1.165) is 23.5 Å². The molecule has 0 saturated carbocycles. The van der Waals surface area contributed by atoms with Crippen LogP contribution in [0.2, 0.25) is 0 Å². The maximum absolute atomic E-state index is 2.50. The molecule has 8 aromatic carbocycles. The third-order valence-electron chi connectivity index (χ3n) is 13.7. The van der Waals surface area contributed by atoms with Crippen molar-refractivity contribution in [2.24, 2.45) is 0 Å². The maximum atomic E-state index is 2.50. The molecule has 0 aliphatic heterocycles. The Hall–Kier alpha value is -7.22. The Kier molecular flexibility index (Phi) is 7.62. The average Bonchev–Trinajstić information content (AvgIpc) is 3.71. The number of fused-ring (bicyclic) bond motifs is 13. The second-order valence-electron chi connectivity index (χ2n) is 17.1. The predicted octanol–water partition coefficient (Wildman–Crippen LogP) is 15.4. The maximum Gasteiger partial charge on any atom is 0.0726 e. The van der Waals surface area contributed by atoms with Crippen LogP contribution in [0.15, 0.2) is 212 Å². The molecule has 0 fully saturated rings. The van der Waals surface area contributed by atoms with Gasteiger partial charge in [0.05, 0.1) is 5.41 Å². The van der Waals surface area contributed by atoms with E-state index < -0.39 is 5.41 Å². The SMILES string of the molecule is CC1(C)c2ccccc2-c2cc(N(c3ccc(-c4ccccc4C4=CC=CCC=C4)cc3)c3ccc4c(c3)C3(c5ccccc5-c5ccccc53)c3ccccc3-4)ccc21. The second-order valence-corrected chi connectivity index (χ2v) is 17.1. The Morgan fingerprint density at radius 2 is 0.867 bits per heavy atom. The molecule has 0 saturated heterocycles. The van der Waals surface area contributed by atoms with Crippen molar-refractivity contribution >= 4 is 22.6 Å². The molecule has 4 aliphatic carbocycles. The van der Waals surface area contributed by atoms with Crippen molar-refractivity contribution in [1.82, 2.24) is 0 Å². The van der Waals surface area contributed by atoms with Crippen LogP contribution in [0.5, 0.6) is 0 Å². The first-order valence-corrected chi connectivity index (χ1v) is 21.2. The standard InChI is InChI=1S/C59H43N/c1-58(2)52-25-13-9-24-49(52)51-37-42(34-36-53(51)58)60(41-31-29-40(30-32-41)45-20-8-7-19-44(45)39-17-5-3-4-6-18-39)43-33-35-50-48-23-12-16-28-56(48)59(57(50)38-43)54-26-14-10-21-46(54)47-22-11-15-27-55(47)59/h3,5-38H,4H2,1-2H3. The number of hydrogen-bond donors (Lipinski definition) is 0. The summed E-state index contributed by atoms with van der Waals surface area (Å²) in [4.78, 5) is 2.48. The molecule has 0 atom stereocenters. The highest BCUT2D eigenvalue weighted by Gasteiger charge is 2.51. The number of hydrogen-bond acceptors (Lipinski definition) is 1. The third-order valence-corrected chi connectivity index (χ3v) is 13.7. The fourth-order valence-electron chi connectivity index (χ4n) is 11.1. The van der Waals surface area contributed by atoms with Gasteiger partial charge in [-0.2, -0.15) is 0 Å². The van der Waals surface area contributed by atoms with Gasteiger partial charge < -0.3 is 4.90 Å². The summed E-state index contributed by atoms with van der Waals surface area (Å²) in [6.07, 6.45) is 12.1. The van der Waals surface area contributed by atoms with Crippen molar-refractivity contribution in [3.05, 3.63) is 251 Å². The fourth-order valence-corrected chi connectivity index (χ4v) is 11.1. The van der Waals surface area contributed by atoms with Crippen molar-refractivity contribution in [2.75, 3.05) is 4.90 Å². The van der Waals surface area contributed by atoms with Gasteiger partial charge in [-0.25, -0.2) is 0 Å². The van der Waals surface area contributed by atoms with Gasteiger partial charge in [-0.15, -0.1) is 0 Å². The zero-order chi connectivity index (χ0) is 40.0. The Labute approximate surface area is 353 Å². The normalized spacial score (nSPS) is 15.3. The molecule has 0 unspecified atom stereocenters. The Morgan fingerprint density at radius 1 is 0.383 bits per heavy atom. The molecule has 12 rings (SSSR count). The Bertz CT molecular complexity index is 3090. The summed E-state index contributed by atoms with van der Waals surface area (Å²) in [6.45, 7) is 4.72. The lowest BCUT2D eigenvalue weighted by molar-refractivity contribution is 0.660. The van der Waals surface area contributed by atoms with Gasteiger partial charge in [0.1, 0.15) is 0 Å². The average molecular weight is 766 g/mol. The van der Waals surface area contributed by atoms with Crippen molar-refractivity contribution in [3.8, 4) is 44.5 Å². The number of allylic oxidation sites excluding steroid dienone is 6. The van der Waals surface area contributed by atoms with Crippen LogP contribution in [-0.2, 0) is 10.8 Å². The molecule has 4 aliphatic rings. The number of nitrogens with zero attached hydrogens (tertiary/aromatic N) is 1. The van der Waals surface area contributed by atoms with Crippen LogP contribution in [0.1, 0.15) is 59.2 Å². The summed E-state index contributed by atoms with van der Waals surface area (Å²) < 4.78 is 0. The van der Waals surface area contributed by atoms with E-state index in [0.29, 0.717) is 0 Å². The molecule has 1 heteroatoms. The number of anilines is 3. The predicted molar refractivity (Wildman–Crippen MR) is 251 cm³/mol. The van der Waals surface area contributed by atoms with Gasteiger partial charge in [0.2, 0.25) is 0 Å². The lowest BCUT2D eigenvalue weighted by atomic mass is 9.70. The van der Waals surface area contributed by atoms with Gasteiger partial charge >= 0.3 is 0 Å². The molecule has 1 spiro atoms. The molecule has 0 heterocycles. The Balaban J connectivity index is 1.07. The summed E-state index contributed by atoms with van der Waals surface area (Å²) in [5.74, 6) is 0. The fraction of sp³-hybridized carbons (Fsp3) is 0.0847. The first-order valence-electron chi connectivity index (χ1n) is 21.2. The molecular weight excluding hydrogens is 723 g/mol. The van der Waals surface area contributed by atoms with E-state index in [9.17, 15) is 0 Å². The zero-order valence-electron chi connectivity index (χ0n) is 33.9. The summed E-state index contributed by atoms with van der Waals surface area (Å²) in [5, 5.41) is 0. The molecule has 0 amide bonds. The number of rotatable bonds is 5. The van der Waals surface area contributed by atoms with Crippen LogP contribution in [0.3, 0.4) is 0 Å². The van der Waals surface area contributed by atoms with E-state index in [1.807, 2.05) is 0 Å². The molecule has 1 nitrogen and oxygen atoms in total. The number of benzene rings is 8. The van der Waals surface area contributed by atoms with Gasteiger partial charge in [-0.1, -0.05) is 190 Å². The van der Waals surface area contributed by atoms with Gasteiger partial charge in [0.25, 0.3) is 0 Å². The van der Waals surface area contributed by atoms with Gasteiger partial charge in [0, 0.05) is 22.5 Å². The topological polar surface area (TPSA) is 3.24 Å². The van der Waals surface area contributed by atoms with Crippen molar-refractivity contribution in [1.29, 1.82) is 0 Å². The van der Waals surface area contributed by atoms with Crippen LogP contribution >= 0.6 is 0 Å². The third kappa shape index (κ3) is 4.87. The summed E-state index contributed by atoms with van der Waals surface area (Å²) in [7, 11) is 0. The van der Waals surface area contributed by atoms with E-state index in [1.54, 1.807) is 0 Å². The zero-order valence-corrected chi connectivity index (χ0v) is 33.9. The summed E-state index contributed by atoms with van der Waals surface area (Å²) in [6, 6.07) is 68.6. The van der Waals surface area contributed by atoms with E-state index in [2.05, 4.69) is 231 Å². The molecule has 284 valence electrons. The molecule has 0 radical (unpaired) electrons.